The molecule has 1 saturated carbocycles. The van der Waals surface area contributed by atoms with Gasteiger partial charge in [-0.3, -0.25) is 14.5 Å². The van der Waals surface area contributed by atoms with Gasteiger partial charge in [-0.1, -0.05) is 42.5 Å². The van der Waals surface area contributed by atoms with Crippen molar-refractivity contribution in [3.05, 3.63) is 33.8 Å². The number of benzene rings is 1. The number of amides is 2. The molecule has 0 unspecified atom stereocenters. The van der Waals surface area contributed by atoms with E-state index < -0.39 is 11.5 Å². The molecule has 0 aromatic heterocycles. The molecule has 23 heavy (non-hydrogen) atoms. The van der Waals surface area contributed by atoms with E-state index >= 15 is 0 Å². The van der Waals surface area contributed by atoms with Gasteiger partial charge in [-0.2, -0.15) is 0 Å². The maximum Gasteiger partial charge on any atom is 0.236 e. The summed E-state index contributed by atoms with van der Waals surface area (Å²) in [5.41, 5.74) is -0.0999. The van der Waals surface area contributed by atoms with Gasteiger partial charge in [0.1, 0.15) is 0 Å². The van der Waals surface area contributed by atoms with Crippen molar-refractivity contribution >= 4 is 35.0 Å². The van der Waals surface area contributed by atoms with Gasteiger partial charge in [-0.05, 0) is 31.0 Å². The lowest BCUT2D eigenvalue weighted by Gasteiger charge is -2.31. The van der Waals surface area contributed by atoms with Crippen LogP contribution >= 0.6 is 23.2 Å². The van der Waals surface area contributed by atoms with E-state index in [1.54, 1.807) is 18.2 Å². The minimum atomic E-state index is -1.03. The predicted octanol–water partition coefficient (Wildman–Crippen LogP) is 3.74. The van der Waals surface area contributed by atoms with Crippen LogP contribution in [0.25, 0.3) is 0 Å². The third-order valence-corrected chi connectivity index (χ3v) is 5.55. The Balaban J connectivity index is 1.78. The molecule has 1 aromatic rings. The standard InChI is InChI=1S/C17H19Cl2NO3/c18-11-4-5-13(19)12(8-11)14(21)10-20-15(22)9-17(16(20)23)6-2-1-3-7-17/h4-5,8,14,21H,1-3,6-7,9-10H2/t14-/m0/s1. The summed E-state index contributed by atoms with van der Waals surface area (Å²) in [7, 11) is 0. The molecule has 4 nitrogen and oxygen atoms in total. The van der Waals surface area contributed by atoms with Crippen molar-refractivity contribution in [1.29, 1.82) is 0 Å². The van der Waals surface area contributed by atoms with E-state index in [2.05, 4.69) is 0 Å². The number of likely N-dealkylation sites (tertiary alicyclic amines) is 1. The fourth-order valence-corrected chi connectivity index (χ4v) is 4.13. The molecule has 1 heterocycles. The SMILES string of the molecule is O=C1CC2(CCCCC2)C(=O)N1C[C@H](O)c1cc(Cl)ccc1Cl. The highest BCUT2D eigenvalue weighted by Crippen LogP contribution is 2.45. The number of hydrogen-bond acceptors (Lipinski definition) is 3. The summed E-state index contributed by atoms with van der Waals surface area (Å²) in [5, 5.41) is 11.2. The molecule has 1 aromatic carbocycles. The zero-order chi connectivity index (χ0) is 16.6. The average Bonchev–Trinajstić information content (AvgIpc) is 2.74. The molecule has 1 N–H and O–H groups in total. The third kappa shape index (κ3) is 3.12. The molecule has 2 aliphatic rings. The number of carbonyl (C=O) groups excluding carboxylic acids is 2. The van der Waals surface area contributed by atoms with Gasteiger partial charge in [0.2, 0.25) is 11.8 Å². The molecule has 2 amide bonds. The first-order valence-electron chi connectivity index (χ1n) is 7.91. The van der Waals surface area contributed by atoms with Crippen molar-refractivity contribution in [2.45, 2.75) is 44.6 Å². The molecule has 1 aliphatic heterocycles. The zero-order valence-corrected chi connectivity index (χ0v) is 14.2. The first kappa shape index (κ1) is 16.7. The van der Waals surface area contributed by atoms with Crippen molar-refractivity contribution in [2.24, 2.45) is 5.41 Å². The van der Waals surface area contributed by atoms with Gasteiger partial charge in [0.15, 0.2) is 0 Å². The van der Waals surface area contributed by atoms with Crippen LogP contribution in [0.5, 0.6) is 0 Å². The summed E-state index contributed by atoms with van der Waals surface area (Å²) in [4.78, 5) is 26.3. The van der Waals surface area contributed by atoms with E-state index in [-0.39, 0.29) is 24.8 Å². The summed E-state index contributed by atoms with van der Waals surface area (Å²) < 4.78 is 0. The molecule has 1 aliphatic carbocycles. The second-order valence-electron chi connectivity index (χ2n) is 6.51. The smallest absolute Gasteiger partial charge is 0.236 e. The number of aliphatic hydroxyl groups is 1. The quantitative estimate of drug-likeness (QED) is 0.840. The number of rotatable bonds is 3. The van der Waals surface area contributed by atoms with E-state index in [1.165, 1.54) is 4.90 Å². The molecular weight excluding hydrogens is 337 g/mol. The normalized spacial score (nSPS) is 22.0. The van der Waals surface area contributed by atoms with Crippen LogP contribution in [0.2, 0.25) is 10.0 Å². The van der Waals surface area contributed by atoms with Gasteiger partial charge in [0.05, 0.1) is 18.1 Å². The molecule has 124 valence electrons. The van der Waals surface area contributed by atoms with Crippen LogP contribution in [-0.2, 0) is 9.59 Å². The van der Waals surface area contributed by atoms with Crippen LogP contribution in [-0.4, -0.2) is 28.4 Å². The van der Waals surface area contributed by atoms with Crippen LogP contribution in [0.1, 0.15) is 50.2 Å². The lowest BCUT2D eigenvalue weighted by Crippen LogP contribution is -2.39. The van der Waals surface area contributed by atoms with Gasteiger partial charge in [-0.15, -0.1) is 0 Å². The zero-order valence-electron chi connectivity index (χ0n) is 12.7. The van der Waals surface area contributed by atoms with E-state index in [1.807, 2.05) is 0 Å². The molecule has 1 atom stereocenters. The van der Waals surface area contributed by atoms with Crippen molar-refractivity contribution in [2.75, 3.05) is 6.54 Å². The van der Waals surface area contributed by atoms with E-state index in [9.17, 15) is 14.7 Å². The second-order valence-corrected chi connectivity index (χ2v) is 7.35. The number of aliphatic hydroxyl groups excluding tert-OH is 1. The van der Waals surface area contributed by atoms with Crippen LogP contribution in [0, 0.1) is 5.41 Å². The van der Waals surface area contributed by atoms with Crippen LogP contribution < -0.4 is 0 Å². The Morgan fingerprint density at radius 3 is 2.57 bits per heavy atom. The van der Waals surface area contributed by atoms with Crippen molar-refractivity contribution in [1.82, 2.24) is 4.90 Å². The second kappa shape index (κ2) is 6.42. The van der Waals surface area contributed by atoms with Gasteiger partial charge in [0, 0.05) is 22.0 Å². The summed E-state index contributed by atoms with van der Waals surface area (Å²) in [6, 6.07) is 4.79. The van der Waals surface area contributed by atoms with Gasteiger partial charge in [-0.25, -0.2) is 0 Å². The predicted molar refractivity (Wildman–Crippen MR) is 88.3 cm³/mol. The number of halogens is 2. The number of carbonyl (C=O) groups is 2. The van der Waals surface area contributed by atoms with Crippen molar-refractivity contribution in [3.8, 4) is 0 Å². The lowest BCUT2D eigenvalue weighted by atomic mass is 9.73. The van der Waals surface area contributed by atoms with Gasteiger partial charge < -0.3 is 5.11 Å². The van der Waals surface area contributed by atoms with Crippen molar-refractivity contribution < 1.29 is 14.7 Å². The maximum absolute atomic E-state index is 12.7. The Bertz CT molecular complexity index is 641. The van der Waals surface area contributed by atoms with E-state index in [0.29, 0.717) is 15.6 Å². The lowest BCUT2D eigenvalue weighted by molar-refractivity contribution is -0.143. The molecular formula is C17H19Cl2NO3. The summed E-state index contributed by atoms with van der Waals surface area (Å²) in [6.07, 6.45) is 3.84. The fraction of sp³-hybridized carbons (Fsp3) is 0.529. The van der Waals surface area contributed by atoms with E-state index in [4.69, 9.17) is 23.2 Å². The Labute approximate surface area is 145 Å². The highest BCUT2D eigenvalue weighted by atomic mass is 35.5. The summed E-state index contributed by atoms with van der Waals surface area (Å²) in [5.74, 6) is -0.339. The summed E-state index contributed by atoms with van der Waals surface area (Å²) >= 11 is 12.0. The highest BCUT2D eigenvalue weighted by molar-refractivity contribution is 6.33. The van der Waals surface area contributed by atoms with Crippen LogP contribution in [0.15, 0.2) is 18.2 Å². The third-order valence-electron chi connectivity index (χ3n) is 4.97. The minimum absolute atomic E-state index is 0.0700. The molecule has 1 saturated heterocycles. The fourth-order valence-electron chi connectivity index (χ4n) is 3.71. The highest BCUT2D eigenvalue weighted by Gasteiger charge is 2.51. The first-order chi connectivity index (χ1) is 10.9. The minimum Gasteiger partial charge on any atom is -0.386 e. The monoisotopic (exact) mass is 355 g/mol. The Hall–Kier alpha value is -1.10. The molecule has 2 fully saturated rings. The Morgan fingerprint density at radius 1 is 1.17 bits per heavy atom. The average molecular weight is 356 g/mol. The number of hydrogen-bond donors (Lipinski definition) is 1. The maximum atomic E-state index is 12.7. The van der Waals surface area contributed by atoms with Crippen LogP contribution in [0.3, 0.4) is 0 Å². The summed E-state index contributed by atoms with van der Waals surface area (Å²) in [6.45, 7) is -0.0700. The topological polar surface area (TPSA) is 57.6 Å². The molecule has 0 bridgehead atoms. The molecule has 1 spiro atoms. The molecule has 0 radical (unpaired) electrons. The Morgan fingerprint density at radius 2 is 1.87 bits per heavy atom. The number of β-amino-alcohol motifs (C(OH)–C–C–N with tert-alkyl or cyclic N) is 1. The molecule has 6 heteroatoms. The van der Waals surface area contributed by atoms with Crippen LogP contribution in [0.4, 0.5) is 0 Å². The number of nitrogens with zero attached hydrogens (tertiary/aromatic N) is 1. The van der Waals surface area contributed by atoms with Gasteiger partial charge in [0.25, 0.3) is 0 Å². The number of imide groups is 1. The van der Waals surface area contributed by atoms with E-state index in [0.717, 1.165) is 32.1 Å². The first-order valence-corrected chi connectivity index (χ1v) is 8.66. The van der Waals surface area contributed by atoms with Crippen molar-refractivity contribution in [3.63, 3.8) is 0 Å². The largest absolute Gasteiger partial charge is 0.386 e. The van der Waals surface area contributed by atoms with Gasteiger partial charge >= 0.3 is 0 Å². The Kier molecular flexibility index (Phi) is 4.68. The molecule has 3 rings (SSSR count).